The molecule has 1 atom stereocenters. The number of rotatable bonds is 6. The number of carbonyl (C=O) groups is 2. The summed E-state index contributed by atoms with van der Waals surface area (Å²) in [4.78, 5) is 21.4. The average Bonchev–Trinajstić information content (AvgIpc) is 2.97. The quantitative estimate of drug-likeness (QED) is 0.616. The van der Waals surface area contributed by atoms with E-state index in [0.717, 1.165) is 18.8 Å². The van der Waals surface area contributed by atoms with Gasteiger partial charge < -0.3 is 15.7 Å². The fourth-order valence-corrected chi connectivity index (χ4v) is 1.48. The number of hydrogen-bond acceptors (Lipinski definition) is 2. The van der Waals surface area contributed by atoms with Gasteiger partial charge in [0.1, 0.15) is 6.54 Å². The van der Waals surface area contributed by atoms with Crippen LogP contribution in [0, 0.1) is 5.92 Å². The third kappa shape index (κ3) is 5.24. The van der Waals surface area contributed by atoms with Gasteiger partial charge in [-0.3, -0.25) is 4.79 Å². The molecule has 0 radical (unpaired) electrons. The second-order valence-corrected chi connectivity index (χ2v) is 4.01. The van der Waals surface area contributed by atoms with Crippen molar-refractivity contribution in [3.05, 3.63) is 0 Å². The van der Waals surface area contributed by atoms with Crippen LogP contribution in [0.2, 0.25) is 0 Å². The van der Waals surface area contributed by atoms with E-state index in [-0.39, 0.29) is 18.6 Å². The van der Waals surface area contributed by atoms with E-state index in [2.05, 4.69) is 10.6 Å². The van der Waals surface area contributed by atoms with E-state index >= 15 is 0 Å². The van der Waals surface area contributed by atoms with Crippen LogP contribution in [0.5, 0.6) is 0 Å². The molecule has 5 heteroatoms. The zero-order chi connectivity index (χ0) is 11.3. The Morgan fingerprint density at radius 3 is 2.60 bits per heavy atom. The summed E-state index contributed by atoms with van der Waals surface area (Å²) >= 11 is 0. The topological polar surface area (TPSA) is 78.4 Å². The van der Waals surface area contributed by atoms with Crippen molar-refractivity contribution in [1.82, 2.24) is 10.6 Å². The molecule has 1 aliphatic rings. The van der Waals surface area contributed by atoms with Crippen LogP contribution in [0.15, 0.2) is 0 Å². The Hall–Kier alpha value is -1.26. The Morgan fingerprint density at radius 2 is 2.13 bits per heavy atom. The number of urea groups is 1. The van der Waals surface area contributed by atoms with Crippen LogP contribution in [0.1, 0.15) is 32.6 Å². The Balaban J connectivity index is 2.17. The normalized spacial score (nSPS) is 16.9. The Bertz CT molecular complexity index is 239. The van der Waals surface area contributed by atoms with Crippen molar-refractivity contribution in [2.24, 2.45) is 5.92 Å². The van der Waals surface area contributed by atoms with Crippen molar-refractivity contribution in [3.8, 4) is 0 Å². The Kier molecular flexibility index (Phi) is 4.39. The van der Waals surface area contributed by atoms with E-state index < -0.39 is 5.97 Å². The standard InChI is InChI=1S/C10H18N2O3/c1-2-8(5-7-3-4-7)12-10(15)11-6-9(13)14/h7-8H,2-6H2,1H3,(H,13,14)(H2,11,12,15). The molecule has 15 heavy (non-hydrogen) atoms. The molecule has 2 amide bonds. The molecule has 1 unspecified atom stereocenters. The first kappa shape index (κ1) is 11.8. The van der Waals surface area contributed by atoms with Gasteiger partial charge in [0.25, 0.3) is 0 Å². The number of hydrogen-bond donors (Lipinski definition) is 3. The van der Waals surface area contributed by atoms with Gasteiger partial charge >= 0.3 is 12.0 Å². The maximum absolute atomic E-state index is 11.2. The summed E-state index contributed by atoms with van der Waals surface area (Å²) < 4.78 is 0. The lowest BCUT2D eigenvalue weighted by Crippen LogP contribution is -2.43. The highest BCUT2D eigenvalue weighted by molar-refractivity contribution is 5.79. The number of amides is 2. The maximum atomic E-state index is 11.2. The van der Waals surface area contributed by atoms with Gasteiger partial charge in [-0.15, -0.1) is 0 Å². The summed E-state index contributed by atoms with van der Waals surface area (Å²) in [6.45, 7) is 1.69. The van der Waals surface area contributed by atoms with Gasteiger partial charge in [0.05, 0.1) is 0 Å². The van der Waals surface area contributed by atoms with Gasteiger partial charge in [-0.1, -0.05) is 19.8 Å². The van der Waals surface area contributed by atoms with E-state index in [1.807, 2.05) is 6.92 Å². The largest absolute Gasteiger partial charge is 0.480 e. The van der Waals surface area contributed by atoms with Crippen LogP contribution in [-0.4, -0.2) is 29.7 Å². The fraction of sp³-hybridized carbons (Fsp3) is 0.800. The van der Waals surface area contributed by atoms with Crippen molar-refractivity contribution in [1.29, 1.82) is 0 Å². The molecular formula is C10H18N2O3. The molecule has 0 aromatic heterocycles. The summed E-state index contributed by atoms with van der Waals surface area (Å²) in [6, 6.07) is -0.212. The summed E-state index contributed by atoms with van der Waals surface area (Å²) in [5.41, 5.74) is 0. The predicted octanol–water partition coefficient (Wildman–Crippen LogP) is 0.949. The van der Waals surface area contributed by atoms with E-state index in [1.165, 1.54) is 12.8 Å². The molecule has 0 aliphatic heterocycles. The molecule has 3 N–H and O–H groups in total. The van der Waals surface area contributed by atoms with Gasteiger partial charge in [0.15, 0.2) is 0 Å². The summed E-state index contributed by atoms with van der Waals surface area (Å²) in [7, 11) is 0. The second kappa shape index (κ2) is 5.58. The van der Waals surface area contributed by atoms with Gasteiger partial charge in [0, 0.05) is 6.04 Å². The van der Waals surface area contributed by atoms with Crippen molar-refractivity contribution < 1.29 is 14.7 Å². The first-order chi connectivity index (χ1) is 7.11. The molecule has 0 heterocycles. The highest BCUT2D eigenvalue weighted by Crippen LogP contribution is 2.33. The fourth-order valence-electron chi connectivity index (χ4n) is 1.48. The first-order valence-corrected chi connectivity index (χ1v) is 5.38. The third-order valence-electron chi connectivity index (χ3n) is 2.54. The lowest BCUT2D eigenvalue weighted by atomic mass is 10.1. The lowest BCUT2D eigenvalue weighted by molar-refractivity contribution is -0.135. The third-order valence-corrected chi connectivity index (χ3v) is 2.54. The monoisotopic (exact) mass is 214 g/mol. The smallest absolute Gasteiger partial charge is 0.323 e. The van der Waals surface area contributed by atoms with Crippen molar-refractivity contribution in [3.63, 3.8) is 0 Å². The molecule has 0 saturated heterocycles. The number of carboxylic acid groups (broad SMARTS) is 1. The first-order valence-electron chi connectivity index (χ1n) is 5.38. The molecule has 1 aliphatic carbocycles. The molecule has 0 aromatic rings. The molecule has 0 aromatic carbocycles. The van der Waals surface area contributed by atoms with Crippen LogP contribution in [0.4, 0.5) is 4.79 Å². The number of nitrogens with one attached hydrogen (secondary N) is 2. The van der Waals surface area contributed by atoms with Crippen LogP contribution in [-0.2, 0) is 4.79 Å². The number of carboxylic acids is 1. The average molecular weight is 214 g/mol. The van der Waals surface area contributed by atoms with Crippen LogP contribution in [0.3, 0.4) is 0 Å². The molecule has 1 saturated carbocycles. The van der Waals surface area contributed by atoms with Gasteiger partial charge in [-0.05, 0) is 18.8 Å². The minimum atomic E-state index is -1.03. The summed E-state index contributed by atoms with van der Waals surface area (Å²) in [5, 5.41) is 13.4. The summed E-state index contributed by atoms with van der Waals surface area (Å²) in [6.07, 6.45) is 4.41. The minimum Gasteiger partial charge on any atom is -0.480 e. The van der Waals surface area contributed by atoms with Crippen LogP contribution >= 0.6 is 0 Å². The molecule has 5 nitrogen and oxygen atoms in total. The predicted molar refractivity (Wildman–Crippen MR) is 55.6 cm³/mol. The highest BCUT2D eigenvalue weighted by atomic mass is 16.4. The minimum absolute atomic E-state index is 0.172. The van der Waals surface area contributed by atoms with Gasteiger partial charge in [-0.25, -0.2) is 4.79 Å². The van der Waals surface area contributed by atoms with E-state index in [0.29, 0.717) is 0 Å². The van der Waals surface area contributed by atoms with Crippen molar-refractivity contribution >= 4 is 12.0 Å². The zero-order valence-corrected chi connectivity index (χ0v) is 8.95. The molecule has 1 fully saturated rings. The Labute approximate surface area is 89.2 Å². The van der Waals surface area contributed by atoms with Crippen molar-refractivity contribution in [2.75, 3.05) is 6.54 Å². The van der Waals surface area contributed by atoms with Gasteiger partial charge in [0.2, 0.25) is 0 Å². The lowest BCUT2D eigenvalue weighted by Gasteiger charge is -2.16. The van der Waals surface area contributed by atoms with E-state index in [9.17, 15) is 9.59 Å². The van der Waals surface area contributed by atoms with E-state index in [1.54, 1.807) is 0 Å². The SMILES string of the molecule is CCC(CC1CC1)NC(=O)NCC(=O)O. The molecule has 0 bridgehead atoms. The van der Waals surface area contributed by atoms with Crippen LogP contribution in [0.25, 0.3) is 0 Å². The molecule has 1 rings (SSSR count). The molecular weight excluding hydrogens is 196 g/mol. The van der Waals surface area contributed by atoms with Crippen LogP contribution < -0.4 is 10.6 Å². The van der Waals surface area contributed by atoms with E-state index in [4.69, 9.17) is 5.11 Å². The number of carbonyl (C=O) groups excluding carboxylic acids is 1. The van der Waals surface area contributed by atoms with Gasteiger partial charge in [-0.2, -0.15) is 0 Å². The van der Waals surface area contributed by atoms with Crippen molar-refractivity contribution in [2.45, 2.75) is 38.6 Å². The second-order valence-electron chi connectivity index (χ2n) is 4.01. The molecule has 86 valence electrons. The number of aliphatic carboxylic acids is 1. The maximum Gasteiger partial charge on any atom is 0.323 e. The molecule has 0 spiro atoms. The highest BCUT2D eigenvalue weighted by Gasteiger charge is 2.25. The zero-order valence-electron chi connectivity index (χ0n) is 8.95. The Morgan fingerprint density at radius 1 is 1.47 bits per heavy atom. The summed E-state index contributed by atoms with van der Waals surface area (Å²) in [5.74, 6) is -0.268.